The molecule has 1 unspecified atom stereocenters. The third-order valence-corrected chi connectivity index (χ3v) is 4.54. The number of benzene rings is 2. The summed E-state index contributed by atoms with van der Waals surface area (Å²) in [6, 6.07) is 18.9. The Labute approximate surface area is 139 Å². The van der Waals surface area contributed by atoms with Crippen LogP contribution in [-0.4, -0.2) is 42.7 Å². The molecular weight excluding hydrogens is 284 g/mol. The van der Waals surface area contributed by atoms with E-state index in [-0.39, 0.29) is 6.10 Å². The van der Waals surface area contributed by atoms with Crippen molar-refractivity contribution < 1.29 is 5.11 Å². The van der Waals surface area contributed by atoms with Crippen LogP contribution in [-0.2, 0) is 6.42 Å². The lowest BCUT2D eigenvalue weighted by atomic mass is 10.0. The summed E-state index contributed by atoms with van der Waals surface area (Å²) in [5.74, 6) is 0. The van der Waals surface area contributed by atoms with E-state index < -0.39 is 0 Å². The van der Waals surface area contributed by atoms with Crippen molar-refractivity contribution in [1.82, 2.24) is 10.2 Å². The van der Waals surface area contributed by atoms with Gasteiger partial charge in [-0.15, -0.1) is 0 Å². The molecule has 0 saturated carbocycles. The summed E-state index contributed by atoms with van der Waals surface area (Å²) in [4.78, 5) is 2.42. The average molecular weight is 310 g/mol. The highest BCUT2D eigenvalue weighted by atomic mass is 16.3. The van der Waals surface area contributed by atoms with Crippen molar-refractivity contribution in [3.05, 3.63) is 71.3 Å². The van der Waals surface area contributed by atoms with Crippen LogP contribution in [0.25, 0.3) is 0 Å². The van der Waals surface area contributed by atoms with Gasteiger partial charge < -0.3 is 15.3 Å². The maximum absolute atomic E-state index is 10.4. The van der Waals surface area contributed by atoms with Crippen molar-refractivity contribution in [2.45, 2.75) is 18.9 Å². The zero-order chi connectivity index (χ0) is 15.9. The summed E-state index contributed by atoms with van der Waals surface area (Å²) in [5, 5.41) is 13.7. The maximum Gasteiger partial charge on any atom is 0.0802 e. The third kappa shape index (κ3) is 4.90. The molecule has 2 N–H and O–H groups in total. The van der Waals surface area contributed by atoms with Gasteiger partial charge in [-0.2, -0.15) is 0 Å². The van der Waals surface area contributed by atoms with Crippen molar-refractivity contribution in [2.75, 3.05) is 32.7 Å². The summed E-state index contributed by atoms with van der Waals surface area (Å²) in [7, 11) is 0. The highest BCUT2D eigenvalue weighted by Gasteiger charge is 2.13. The minimum Gasteiger partial charge on any atom is -0.388 e. The molecule has 1 heterocycles. The highest BCUT2D eigenvalue weighted by Crippen LogP contribution is 2.19. The Hall–Kier alpha value is -1.68. The Morgan fingerprint density at radius 3 is 2.26 bits per heavy atom. The predicted octanol–water partition coefficient (Wildman–Crippen LogP) is 2.61. The molecule has 2 aromatic rings. The van der Waals surface area contributed by atoms with Crippen molar-refractivity contribution in [1.29, 1.82) is 0 Å². The zero-order valence-electron chi connectivity index (χ0n) is 13.6. The molecule has 3 rings (SSSR count). The minimum atomic E-state index is -0.365. The van der Waals surface area contributed by atoms with Crippen molar-refractivity contribution in [3.8, 4) is 0 Å². The minimum absolute atomic E-state index is 0.365. The fourth-order valence-corrected chi connectivity index (χ4v) is 3.10. The molecule has 0 spiro atoms. The monoisotopic (exact) mass is 310 g/mol. The van der Waals surface area contributed by atoms with Crippen LogP contribution in [0.15, 0.2) is 54.6 Å². The van der Waals surface area contributed by atoms with Crippen LogP contribution < -0.4 is 5.32 Å². The first-order chi connectivity index (χ1) is 11.3. The number of nitrogens with zero attached hydrogens (tertiary/aromatic N) is 1. The van der Waals surface area contributed by atoms with Gasteiger partial charge in [0.15, 0.2) is 0 Å². The van der Waals surface area contributed by atoms with Crippen molar-refractivity contribution in [3.63, 3.8) is 0 Å². The lowest BCUT2D eigenvalue weighted by Gasteiger charge is -2.28. The van der Waals surface area contributed by atoms with Crippen LogP contribution in [0.1, 0.15) is 29.2 Å². The largest absolute Gasteiger partial charge is 0.388 e. The lowest BCUT2D eigenvalue weighted by Crippen LogP contribution is -2.44. The van der Waals surface area contributed by atoms with Crippen LogP contribution in [0.5, 0.6) is 0 Å². The predicted molar refractivity (Wildman–Crippen MR) is 94.6 cm³/mol. The SMILES string of the molecule is OC(CCN1CCNCC1)c1ccc(Cc2ccccc2)cc1. The van der Waals surface area contributed by atoms with Gasteiger partial charge in [0.1, 0.15) is 0 Å². The van der Waals surface area contributed by atoms with Crippen LogP contribution in [0.3, 0.4) is 0 Å². The Bertz CT molecular complexity index is 576. The number of hydrogen-bond donors (Lipinski definition) is 2. The molecule has 0 radical (unpaired) electrons. The van der Waals surface area contributed by atoms with Gasteiger partial charge in [0.2, 0.25) is 0 Å². The molecule has 1 atom stereocenters. The van der Waals surface area contributed by atoms with Crippen LogP contribution >= 0.6 is 0 Å². The van der Waals surface area contributed by atoms with Crippen molar-refractivity contribution in [2.24, 2.45) is 0 Å². The van der Waals surface area contributed by atoms with Gasteiger partial charge in [-0.1, -0.05) is 54.6 Å². The van der Waals surface area contributed by atoms with Gasteiger partial charge in [-0.25, -0.2) is 0 Å². The molecule has 1 fully saturated rings. The smallest absolute Gasteiger partial charge is 0.0802 e. The Balaban J connectivity index is 1.51. The summed E-state index contributed by atoms with van der Waals surface area (Å²) < 4.78 is 0. The molecule has 1 saturated heterocycles. The molecular formula is C20H26N2O. The van der Waals surface area contributed by atoms with E-state index in [0.717, 1.165) is 51.1 Å². The summed E-state index contributed by atoms with van der Waals surface area (Å²) in [5.41, 5.74) is 3.63. The first-order valence-electron chi connectivity index (χ1n) is 8.55. The average Bonchev–Trinajstić information content (AvgIpc) is 2.62. The van der Waals surface area contributed by atoms with Gasteiger partial charge >= 0.3 is 0 Å². The molecule has 1 aliphatic rings. The fourth-order valence-electron chi connectivity index (χ4n) is 3.10. The van der Waals surface area contributed by atoms with E-state index in [2.05, 4.69) is 58.7 Å². The first-order valence-corrected chi connectivity index (χ1v) is 8.55. The van der Waals surface area contributed by atoms with E-state index in [1.807, 2.05) is 6.07 Å². The number of rotatable bonds is 6. The Morgan fingerprint density at radius 2 is 1.57 bits per heavy atom. The van der Waals surface area contributed by atoms with Gasteiger partial charge in [-0.3, -0.25) is 0 Å². The van der Waals surface area contributed by atoms with Crippen LogP contribution in [0.4, 0.5) is 0 Å². The molecule has 1 aliphatic heterocycles. The van der Waals surface area contributed by atoms with E-state index in [4.69, 9.17) is 0 Å². The second-order valence-corrected chi connectivity index (χ2v) is 6.30. The summed E-state index contributed by atoms with van der Waals surface area (Å²) >= 11 is 0. The standard InChI is InChI=1S/C20H26N2O/c23-20(10-13-22-14-11-21-12-15-22)19-8-6-18(7-9-19)16-17-4-2-1-3-5-17/h1-9,20-21,23H,10-16H2. The lowest BCUT2D eigenvalue weighted by molar-refractivity contribution is 0.136. The fraction of sp³-hybridized carbons (Fsp3) is 0.400. The summed E-state index contributed by atoms with van der Waals surface area (Å²) in [6.07, 6.45) is 1.38. The Morgan fingerprint density at radius 1 is 0.913 bits per heavy atom. The molecule has 3 heteroatoms. The number of aliphatic hydroxyl groups excluding tert-OH is 1. The quantitative estimate of drug-likeness (QED) is 0.861. The van der Waals surface area contributed by atoms with E-state index in [1.54, 1.807) is 0 Å². The molecule has 0 aliphatic carbocycles. The zero-order valence-corrected chi connectivity index (χ0v) is 13.6. The van der Waals surface area contributed by atoms with Gasteiger partial charge in [0.05, 0.1) is 6.10 Å². The number of piperazine rings is 1. The molecule has 23 heavy (non-hydrogen) atoms. The second kappa shape index (κ2) is 8.25. The normalized spacial score (nSPS) is 17.1. The molecule has 0 bridgehead atoms. The van der Waals surface area contributed by atoms with E-state index >= 15 is 0 Å². The van der Waals surface area contributed by atoms with E-state index in [9.17, 15) is 5.11 Å². The number of nitrogens with one attached hydrogen (secondary N) is 1. The molecule has 0 amide bonds. The Kier molecular flexibility index (Phi) is 5.81. The second-order valence-electron chi connectivity index (χ2n) is 6.30. The van der Waals surface area contributed by atoms with E-state index in [0.29, 0.717) is 0 Å². The number of aliphatic hydroxyl groups is 1. The molecule has 3 nitrogen and oxygen atoms in total. The van der Waals surface area contributed by atoms with Gasteiger partial charge in [0, 0.05) is 32.7 Å². The molecule has 122 valence electrons. The maximum atomic E-state index is 10.4. The summed E-state index contributed by atoms with van der Waals surface area (Å²) in [6.45, 7) is 5.26. The molecule has 2 aromatic carbocycles. The first kappa shape index (κ1) is 16.2. The molecule has 0 aromatic heterocycles. The number of hydrogen-bond acceptors (Lipinski definition) is 3. The van der Waals surface area contributed by atoms with Gasteiger partial charge in [0.25, 0.3) is 0 Å². The highest BCUT2D eigenvalue weighted by molar-refractivity contribution is 5.29. The van der Waals surface area contributed by atoms with Crippen LogP contribution in [0, 0.1) is 0 Å². The topological polar surface area (TPSA) is 35.5 Å². The van der Waals surface area contributed by atoms with Gasteiger partial charge in [-0.05, 0) is 29.5 Å². The van der Waals surface area contributed by atoms with Crippen LogP contribution in [0.2, 0.25) is 0 Å². The van der Waals surface area contributed by atoms with Crippen molar-refractivity contribution >= 4 is 0 Å². The van der Waals surface area contributed by atoms with E-state index in [1.165, 1.54) is 11.1 Å². The third-order valence-electron chi connectivity index (χ3n) is 4.54.